The molecule has 1 aliphatic rings. The first-order valence-electron chi connectivity index (χ1n) is 2.70. The van der Waals surface area contributed by atoms with Gasteiger partial charge in [-0.1, -0.05) is 23.9 Å². The van der Waals surface area contributed by atoms with Crippen LogP contribution in [0.4, 0.5) is 0 Å². The van der Waals surface area contributed by atoms with Crippen LogP contribution in [0, 0.1) is 6.08 Å². The van der Waals surface area contributed by atoms with Crippen LogP contribution in [0.15, 0.2) is 17.7 Å². The highest BCUT2D eigenvalue weighted by Gasteiger charge is 2.07. The summed E-state index contributed by atoms with van der Waals surface area (Å²) in [6, 6.07) is 0. The third-order valence-electron chi connectivity index (χ3n) is 1.13. The van der Waals surface area contributed by atoms with Crippen molar-refractivity contribution in [2.45, 2.75) is 13.0 Å². The van der Waals surface area contributed by atoms with Crippen LogP contribution in [0.5, 0.6) is 0 Å². The topological polar surface area (TPSA) is 20.2 Å². The average Bonchev–Trinajstić information content (AvgIpc) is 1.80. The number of allylic oxidation sites excluding steroid dienone is 2. The molecule has 1 aliphatic carbocycles. The number of hydrogen-bond donors (Lipinski definition) is 1. The van der Waals surface area contributed by atoms with Crippen molar-refractivity contribution in [2.24, 2.45) is 0 Å². The first-order valence-corrected chi connectivity index (χ1v) is 3.11. The average molecular weight is 139 g/mol. The summed E-state index contributed by atoms with van der Waals surface area (Å²) in [6.07, 6.45) is 5.66. The monoisotopic (exact) mass is 139 g/mol. The van der Waals surface area contributed by atoms with Gasteiger partial charge in [0.15, 0.2) is 0 Å². The zero-order valence-corrected chi connectivity index (χ0v) is 5.90. The summed E-state index contributed by atoms with van der Waals surface area (Å²) < 4.78 is 0. The second kappa shape index (κ2) is 2.42. The number of thiocarbonyl (C=S) groups is 1. The van der Waals surface area contributed by atoms with Crippen molar-refractivity contribution in [1.29, 1.82) is 0 Å². The van der Waals surface area contributed by atoms with Gasteiger partial charge in [-0.25, -0.2) is 0 Å². The van der Waals surface area contributed by atoms with E-state index in [9.17, 15) is 0 Å². The van der Waals surface area contributed by atoms with E-state index in [1.165, 1.54) is 0 Å². The molecule has 0 heterocycles. The second-order valence-corrected chi connectivity index (χ2v) is 2.45. The Morgan fingerprint density at radius 1 is 1.78 bits per heavy atom. The lowest BCUT2D eigenvalue weighted by atomic mass is 10.1. The molecule has 0 aromatic rings. The summed E-state index contributed by atoms with van der Waals surface area (Å²) in [6.45, 7) is 1.90. The summed E-state index contributed by atoms with van der Waals surface area (Å²) >= 11 is 4.74. The standard InChI is InChI=1S/C7H7OS/c1-5-2-3-7(9)6(8)4-5/h2,4,6,8H,1H3. The van der Waals surface area contributed by atoms with E-state index in [2.05, 4.69) is 6.08 Å². The van der Waals surface area contributed by atoms with Gasteiger partial charge in [0.25, 0.3) is 0 Å². The third kappa shape index (κ3) is 1.47. The highest BCUT2D eigenvalue weighted by Crippen LogP contribution is 2.06. The molecule has 0 bridgehead atoms. The molecule has 1 unspecified atom stereocenters. The lowest BCUT2D eigenvalue weighted by molar-refractivity contribution is 0.290. The van der Waals surface area contributed by atoms with Gasteiger partial charge in [0.1, 0.15) is 6.10 Å². The molecule has 47 valence electrons. The van der Waals surface area contributed by atoms with Gasteiger partial charge in [-0.05, 0) is 13.0 Å². The van der Waals surface area contributed by atoms with Crippen molar-refractivity contribution in [2.75, 3.05) is 0 Å². The largest absolute Gasteiger partial charge is 0.383 e. The first-order chi connectivity index (χ1) is 4.20. The van der Waals surface area contributed by atoms with Crippen molar-refractivity contribution in [1.82, 2.24) is 0 Å². The molecule has 0 aliphatic heterocycles. The molecule has 1 radical (unpaired) electrons. The molecule has 0 aromatic carbocycles. The van der Waals surface area contributed by atoms with Crippen LogP contribution in [0.1, 0.15) is 6.92 Å². The molecule has 0 amide bonds. The number of hydrogen-bond acceptors (Lipinski definition) is 2. The summed E-state index contributed by atoms with van der Waals surface area (Å²) in [5.74, 6) is 0. The van der Waals surface area contributed by atoms with Crippen LogP contribution in [0.3, 0.4) is 0 Å². The zero-order valence-electron chi connectivity index (χ0n) is 5.09. The minimum absolute atomic E-state index is 0.473. The molecule has 1 rings (SSSR count). The molecule has 0 spiro atoms. The lowest BCUT2D eigenvalue weighted by Gasteiger charge is -2.07. The summed E-state index contributed by atoms with van der Waals surface area (Å²) in [5, 5.41) is 9.05. The summed E-state index contributed by atoms with van der Waals surface area (Å²) in [7, 11) is 0. The number of rotatable bonds is 0. The van der Waals surface area contributed by atoms with E-state index < -0.39 is 6.10 Å². The van der Waals surface area contributed by atoms with Gasteiger partial charge in [-0.3, -0.25) is 0 Å². The zero-order chi connectivity index (χ0) is 6.85. The van der Waals surface area contributed by atoms with Crippen LogP contribution in [-0.2, 0) is 0 Å². The predicted octanol–water partition coefficient (Wildman–Crippen LogP) is 1.04. The minimum Gasteiger partial charge on any atom is -0.383 e. The van der Waals surface area contributed by atoms with Gasteiger partial charge >= 0.3 is 0 Å². The maximum Gasteiger partial charge on any atom is 0.108 e. The Hall–Kier alpha value is -0.470. The Labute approximate surface area is 59.7 Å². The van der Waals surface area contributed by atoms with Gasteiger partial charge in [0.05, 0.1) is 4.86 Å². The first kappa shape index (κ1) is 6.65. The molecule has 0 saturated heterocycles. The maximum absolute atomic E-state index is 9.05. The van der Waals surface area contributed by atoms with E-state index in [4.69, 9.17) is 17.3 Å². The molecular formula is C7H7OS. The quantitative estimate of drug-likeness (QED) is 0.506. The van der Waals surface area contributed by atoms with E-state index in [0.29, 0.717) is 4.86 Å². The number of aliphatic hydroxyl groups is 1. The number of aliphatic hydroxyl groups excluding tert-OH is 1. The molecule has 1 nitrogen and oxygen atoms in total. The normalized spacial score (nSPS) is 26.2. The molecule has 0 saturated carbocycles. The van der Waals surface area contributed by atoms with Crippen molar-refractivity contribution in [3.05, 3.63) is 23.8 Å². The Morgan fingerprint density at radius 2 is 2.44 bits per heavy atom. The van der Waals surface area contributed by atoms with Crippen molar-refractivity contribution in [3.8, 4) is 0 Å². The summed E-state index contributed by atoms with van der Waals surface area (Å²) in [5.41, 5.74) is 1.01. The highest BCUT2D eigenvalue weighted by molar-refractivity contribution is 7.80. The van der Waals surface area contributed by atoms with Crippen LogP contribution < -0.4 is 0 Å². The van der Waals surface area contributed by atoms with Crippen LogP contribution in [0.2, 0.25) is 0 Å². The minimum atomic E-state index is -0.593. The van der Waals surface area contributed by atoms with E-state index in [-0.39, 0.29) is 0 Å². The molecule has 1 N–H and O–H groups in total. The van der Waals surface area contributed by atoms with Crippen molar-refractivity contribution >= 4 is 17.1 Å². The maximum atomic E-state index is 9.05. The third-order valence-corrected chi connectivity index (χ3v) is 1.49. The molecule has 2 heteroatoms. The SMILES string of the molecule is CC1=CC(O)C(=S)[C]=C1. The Kier molecular flexibility index (Phi) is 1.78. The fraction of sp³-hybridized carbons (Fsp3) is 0.286. The van der Waals surface area contributed by atoms with Crippen LogP contribution in [0.25, 0.3) is 0 Å². The van der Waals surface area contributed by atoms with E-state index in [1.54, 1.807) is 12.2 Å². The van der Waals surface area contributed by atoms with Gasteiger partial charge < -0.3 is 5.11 Å². The van der Waals surface area contributed by atoms with Gasteiger partial charge in [0, 0.05) is 6.08 Å². The van der Waals surface area contributed by atoms with Crippen molar-refractivity contribution < 1.29 is 5.11 Å². The Morgan fingerprint density at radius 3 is 2.89 bits per heavy atom. The molecular weight excluding hydrogens is 132 g/mol. The molecule has 0 aromatic heterocycles. The van der Waals surface area contributed by atoms with Gasteiger partial charge in [0.2, 0.25) is 0 Å². The van der Waals surface area contributed by atoms with Gasteiger partial charge in [-0.15, -0.1) is 0 Å². The fourth-order valence-electron chi connectivity index (χ4n) is 0.643. The summed E-state index contributed by atoms with van der Waals surface area (Å²) in [4.78, 5) is 0.473. The van der Waals surface area contributed by atoms with Crippen molar-refractivity contribution in [3.63, 3.8) is 0 Å². The van der Waals surface area contributed by atoms with Crippen LogP contribution in [-0.4, -0.2) is 16.1 Å². The second-order valence-electron chi connectivity index (χ2n) is 2.01. The lowest BCUT2D eigenvalue weighted by Crippen LogP contribution is -2.16. The van der Waals surface area contributed by atoms with E-state index in [0.717, 1.165) is 5.57 Å². The van der Waals surface area contributed by atoms with E-state index >= 15 is 0 Å². The Balaban J connectivity index is 2.82. The Bertz CT molecular complexity index is 191. The van der Waals surface area contributed by atoms with Gasteiger partial charge in [-0.2, -0.15) is 0 Å². The fourth-order valence-corrected chi connectivity index (χ4v) is 0.770. The molecule has 1 atom stereocenters. The smallest absolute Gasteiger partial charge is 0.108 e. The van der Waals surface area contributed by atoms with Crippen LogP contribution >= 0.6 is 12.2 Å². The highest BCUT2D eigenvalue weighted by atomic mass is 32.1. The van der Waals surface area contributed by atoms with E-state index in [1.807, 2.05) is 6.92 Å². The predicted molar refractivity (Wildman–Crippen MR) is 40.2 cm³/mol. The molecule has 0 fully saturated rings. The molecule has 9 heavy (non-hydrogen) atoms.